The van der Waals surface area contributed by atoms with E-state index in [0.29, 0.717) is 6.42 Å². The van der Waals surface area contributed by atoms with Crippen molar-refractivity contribution in [3.63, 3.8) is 0 Å². The van der Waals surface area contributed by atoms with Gasteiger partial charge in [0.2, 0.25) is 0 Å². The van der Waals surface area contributed by atoms with E-state index in [9.17, 15) is 13.2 Å². The average Bonchev–Trinajstić information content (AvgIpc) is 2.28. The van der Waals surface area contributed by atoms with Gasteiger partial charge in [-0.3, -0.25) is 0 Å². The first-order chi connectivity index (χ1) is 8.29. The third-order valence-electron chi connectivity index (χ3n) is 2.49. The molecule has 0 aromatic heterocycles. The zero-order valence-corrected chi connectivity index (χ0v) is 11.4. The SMILES string of the molecule is CC(Cc1ccc(Br)cc1)NCC(O)C(F)(F)F. The van der Waals surface area contributed by atoms with Crippen molar-refractivity contribution in [1.29, 1.82) is 0 Å². The maximum Gasteiger partial charge on any atom is 0.415 e. The molecule has 0 saturated carbocycles. The predicted molar refractivity (Wildman–Crippen MR) is 67.4 cm³/mol. The van der Waals surface area contributed by atoms with Gasteiger partial charge in [0.25, 0.3) is 0 Å². The molecular weight excluding hydrogens is 311 g/mol. The molecule has 0 aliphatic carbocycles. The van der Waals surface area contributed by atoms with Crippen LogP contribution in [0.4, 0.5) is 13.2 Å². The van der Waals surface area contributed by atoms with Crippen LogP contribution in [0, 0.1) is 0 Å². The van der Waals surface area contributed by atoms with Crippen molar-refractivity contribution >= 4 is 15.9 Å². The zero-order valence-electron chi connectivity index (χ0n) is 9.84. The van der Waals surface area contributed by atoms with E-state index in [4.69, 9.17) is 5.11 Å². The molecule has 1 rings (SSSR count). The predicted octanol–water partition coefficient (Wildman–Crippen LogP) is 2.89. The molecule has 0 aliphatic rings. The first-order valence-electron chi connectivity index (χ1n) is 5.51. The molecule has 2 nitrogen and oxygen atoms in total. The van der Waals surface area contributed by atoms with Crippen LogP contribution >= 0.6 is 15.9 Å². The van der Waals surface area contributed by atoms with Crippen LogP contribution in [-0.4, -0.2) is 30.0 Å². The summed E-state index contributed by atoms with van der Waals surface area (Å²) in [6.45, 7) is 1.30. The lowest BCUT2D eigenvalue weighted by atomic mass is 10.1. The van der Waals surface area contributed by atoms with Gasteiger partial charge >= 0.3 is 6.18 Å². The number of hydrogen-bond donors (Lipinski definition) is 2. The molecule has 18 heavy (non-hydrogen) atoms. The minimum absolute atomic E-state index is 0.136. The second kappa shape index (κ2) is 6.54. The highest BCUT2D eigenvalue weighted by atomic mass is 79.9. The van der Waals surface area contributed by atoms with E-state index in [2.05, 4.69) is 21.2 Å². The maximum atomic E-state index is 12.1. The summed E-state index contributed by atoms with van der Waals surface area (Å²) in [7, 11) is 0. The highest BCUT2D eigenvalue weighted by Gasteiger charge is 2.37. The van der Waals surface area contributed by atoms with Crippen LogP contribution in [0.15, 0.2) is 28.7 Å². The highest BCUT2D eigenvalue weighted by Crippen LogP contribution is 2.19. The Balaban J connectivity index is 2.38. The number of hydrogen-bond acceptors (Lipinski definition) is 2. The van der Waals surface area contributed by atoms with Crippen molar-refractivity contribution in [2.45, 2.75) is 31.7 Å². The Kier molecular flexibility index (Phi) is 5.62. The first kappa shape index (κ1) is 15.5. The summed E-state index contributed by atoms with van der Waals surface area (Å²) in [5.74, 6) is 0. The second-order valence-corrected chi connectivity index (χ2v) is 5.11. The fourth-order valence-electron chi connectivity index (χ4n) is 1.47. The summed E-state index contributed by atoms with van der Waals surface area (Å²) in [4.78, 5) is 0. The molecular formula is C12H15BrF3NO. The minimum atomic E-state index is -4.57. The van der Waals surface area contributed by atoms with Gasteiger partial charge in [0.15, 0.2) is 6.10 Å². The lowest BCUT2D eigenvalue weighted by Gasteiger charge is -2.19. The van der Waals surface area contributed by atoms with Crippen LogP contribution in [0.2, 0.25) is 0 Å². The molecule has 1 aromatic rings. The Bertz CT molecular complexity index is 367. The van der Waals surface area contributed by atoms with Gasteiger partial charge in [-0.05, 0) is 31.0 Å². The standard InChI is InChI=1S/C12H15BrF3NO/c1-8(17-7-11(18)12(14,15)16)6-9-2-4-10(13)5-3-9/h2-5,8,11,17-18H,6-7H2,1H3. The van der Waals surface area contributed by atoms with E-state index in [1.807, 2.05) is 24.3 Å². The quantitative estimate of drug-likeness (QED) is 0.872. The topological polar surface area (TPSA) is 32.3 Å². The second-order valence-electron chi connectivity index (χ2n) is 4.20. The van der Waals surface area contributed by atoms with Crippen molar-refractivity contribution in [3.8, 4) is 0 Å². The van der Waals surface area contributed by atoms with Crippen molar-refractivity contribution in [2.75, 3.05) is 6.54 Å². The third kappa shape index (κ3) is 5.37. The molecule has 0 heterocycles. The Labute approximate surface area is 112 Å². The number of halogens is 4. The molecule has 0 saturated heterocycles. The molecule has 6 heteroatoms. The summed E-state index contributed by atoms with van der Waals surface area (Å²) in [6.07, 6.45) is -6.27. The molecule has 2 atom stereocenters. The molecule has 0 fully saturated rings. The lowest BCUT2D eigenvalue weighted by Crippen LogP contribution is -2.42. The summed E-state index contributed by atoms with van der Waals surface area (Å²) in [6, 6.07) is 7.44. The van der Waals surface area contributed by atoms with Crippen molar-refractivity contribution < 1.29 is 18.3 Å². The molecule has 0 bridgehead atoms. The summed E-state index contributed by atoms with van der Waals surface area (Å²) in [5.41, 5.74) is 1.03. The average molecular weight is 326 g/mol. The van der Waals surface area contributed by atoms with Gasteiger partial charge in [-0.15, -0.1) is 0 Å². The Morgan fingerprint density at radius 2 is 1.83 bits per heavy atom. The molecule has 0 amide bonds. The molecule has 0 spiro atoms. The Hall–Kier alpha value is -0.590. The zero-order chi connectivity index (χ0) is 13.8. The van der Waals surface area contributed by atoms with Crippen LogP contribution in [0.1, 0.15) is 12.5 Å². The fraction of sp³-hybridized carbons (Fsp3) is 0.500. The molecule has 2 N–H and O–H groups in total. The monoisotopic (exact) mass is 325 g/mol. The number of aliphatic hydroxyl groups is 1. The number of aliphatic hydroxyl groups excluding tert-OH is 1. The lowest BCUT2D eigenvalue weighted by molar-refractivity contribution is -0.202. The number of nitrogens with one attached hydrogen (secondary N) is 1. The van der Waals surface area contributed by atoms with Gasteiger partial charge < -0.3 is 10.4 Å². The van der Waals surface area contributed by atoms with E-state index in [-0.39, 0.29) is 6.04 Å². The van der Waals surface area contributed by atoms with Crippen molar-refractivity contribution in [2.24, 2.45) is 0 Å². The number of benzene rings is 1. The number of alkyl halides is 3. The van der Waals surface area contributed by atoms with Crippen LogP contribution in [0.25, 0.3) is 0 Å². The van der Waals surface area contributed by atoms with E-state index in [1.54, 1.807) is 6.92 Å². The van der Waals surface area contributed by atoms with E-state index >= 15 is 0 Å². The van der Waals surface area contributed by atoms with E-state index in [0.717, 1.165) is 10.0 Å². The normalized spacial score (nSPS) is 15.4. The van der Waals surface area contributed by atoms with Gasteiger partial charge in [-0.2, -0.15) is 13.2 Å². The van der Waals surface area contributed by atoms with Crippen LogP contribution in [-0.2, 0) is 6.42 Å². The Morgan fingerprint density at radius 1 is 1.28 bits per heavy atom. The molecule has 1 aromatic carbocycles. The largest absolute Gasteiger partial charge is 0.415 e. The van der Waals surface area contributed by atoms with Crippen LogP contribution < -0.4 is 5.32 Å². The summed E-state index contributed by atoms with van der Waals surface area (Å²) < 4.78 is 37.2. The molecule has 0 aliphatic heterocycles. The van der Waals surface area contributed by atoms with Gasteiger partial charge in [-0.1, -0.05) is 28.1 Å². The van der Waals surface area contributed by atoms with Gasteiger partial charge in [0, 0.05) is 17.1 Å². The van der Waals surface area contributed by atoms with Crippen LogP contribution in [0.3, 0.4) is 0 Å². The highest BCUT2D eigenvalue weighted by molar-refractivity contribution is 9.10. The smallest absolute Gasteiger partial charge is 0.382 e. The van der Waals surface area contributed by atoms with Crippen LogP contribution in [0.5, 0.6) is 0 Å². The third-order valence-corrected chi connectivity index (χ3v) is 3.02. The minimum Gasteiger partial charge on any atom is -0.382 e. The molecule has 102 valence electrons. The van der Waals surface area contributed by atoms with Gasteiger partial charge in [0.1, 0.15) is 0 Å². The summed E-state index contributed by atoms with van der Waals surface area (Å²) >= 11 is 3.31. The van der Waals surface area contributed by atoms with Crippen molar-refractivity contribution in [3.05, 3.63) is 34.3 Å². The fourth-order valence-corrected chi connectivity index (χ4v) is 1.74. The van der Waals surface area contributed by atoms with Gasteiger partial charge in [0.05, 0.1) is 0 Å². The summed E-state index contributed by atoms with van der Waals surface area (Å²) in [5, 5.41) is 11.5. The first-order valence-corrected chi connectivity index (χ1v) is 6.31. The molecule has 0 radical (unpaired) electrons. The van der Waals surface area contributed by atoms with Gasteiger partial charge in [-0.25, -0.2) is 0 Å². The number of rotatable bonds is 5. The van der Waals surface area contributed by atoms with E-state index < -0.39 is 18.8 Å². The van der Waals surface area contributed by atoms with E-state index in [1.165, 1.54) is 0 Å². The van der Waals surface area contributed by atoms with Crippen molar-refractivity contribution in [1.82, 2.24) is 5.32 Å². The maximum absolute atomic E-state index is 12.1. The molecule has 2 unspecified atom stereocenters. The Morgan fingerprint density at radius 3 is 2.33 bits per heavy atom.